The molecule has 0 saturated carbocycles. The number of aryl methyl sites for hydroxylation is 1. The first-order chi connectivity index (χ1) is 14.5. The van der Waals surface area contributed by atoms with Crippen LogP contribution in [0, 0.1) is 6.92 Å². The first kappa shape index (κ1) is 21.8. The average molecular weight is 426 g/mol. The van der Waals surface area contributed by atoms with Gasteiger partial charge in [-0.25, -0.2) is 0 Å². The summed E-state index contributed by atoms with van der Waals surface area (Å²) in [4.78, 5) is 27.1. The van der Waals surface area contributed by atoms with Gasteiger partial charge < -0.3 is 20.3 Å². The van der Waals surface area contributed by atoms with E-state index in [-0.39, 0.29) is 11.8 Å². The van der Waals surface area contributed by atoms with Gasteiger partial charge in [-0.05, 0) is 68.8 Å². The lowest BCUT2D eigenvalue weighted by Crippen LogP contribution is -2.22. The Labute approximate surface area is 181 Å². The second-order valence-corrected chi connectivity index (χ2v) is 7.84. The van der Waals surface area contributed by atoms with Crippen molar-refractivity contribution in [3.05, 3.63) is 64.8 Å². The Bertz CT molecular complexity index is 937. The van der Waals surface area contributed by atoms with Gasteiger partial charge in [0, 0.05) is 46.9 Å². The van der Waals surface area contributed by atoms with Crippen molar-refractivity contribution >= 4 is 40.6 Å². The van der Waals surface area contributed by atoms with E-state index in [2.05, 4.69) is 35.4 Å². The van der Waals surface area contributed by atoms with Gasteiger partial charge in [0.1, 0.15) is 0 Å². The lowest BCUT2D eigenvalue weighted by atomic mass is 10.1. The van der Waals surface area contributed by atoms with Crippen LogP contribution in [0.1, 0.15) is 29.8 Å². The number of rotatable bonds is 7. The zero-order valence-electron chi connectivity index (χ0n) is 17.5. The summed E-state index contributed by atoms with van der Waals surface area (Å²) >= 11 is 1.55. The number of benzene rings is 2. The summed E-state index contributed by atoms with van der Waals surface area (Å²) < 4.78 is 5.35. The van der Waals surface area contributed by atoms with E-state index in [4.69, 9.17) is 4.74 Å². The molecule has 2 N–H and O–H groups in total. The third kappa shape index (κ3) is 5.36. The highest BCUT2D eigenvalue weighted by atomic mass is 32.2. The first-order valence-electron chi connectivity index (χ1n) is 10.0. The van der Waals surface area contributed by atoms with E-state index in [0.717, 1.165) is 35.8 Å². The van der Waals surface area contributed by atoms with Crippen LogP contribution in [0.15, 0.2) is 53.6 Å². The molecule has 158 valence electrons. The summed E-state index contributed by atoms with van der Waals surface area (Å²) in [6.07, 6.45) is 0. The van der Waals surface area contributed by atoms with Crippen molar-refractivity contribution in [3.63, 3.8) is 0 Å². The number of ether oxygens (including phenoxy) is 1. The Hall–Kier alpha value is -2.93. The zero-order chi connectivity index (χ0) is 21.5. The number of hydrogen-bond donors (Lipinski definition) is 2. The van der Waals surface area contributed by atoms with Crippen molar-refractivity contribution in [2.24, 2.45) is 0 Å². The summed E-state index contributed by atoms with van der Waals surface area (Å²) in [5.41, 5.74) is 4.06. The minimum absolute atomic E-state index is 0.193. The summed E-state index contributed by atoms with van der Waals surface area (Å²) in [5.74, 6) is 0.680. The first-order valence-corrected chi connectivity index (χ1v) is 11.1. The van der Waals surface area contributed by atoms with Crippen LogP contribution < -0.4 is 15.5 Å². The van der Waals surface area contributed by atoms with Gasteiger partial charge in [-0.15, -0.1) is 11.8 Å². The van der Waals surface area contributed by atoms with Crippen LogP contribution in [0.5, 0.6) is 0 Å². The van der Waals surface area contributed by atoms with Crippen LogP contribution in [-0.2, 0) is 9.53 Å². The standard InChI is InChI=1S/C23H27N3O3S/c1-4-26(5-2)19-10-11-20(16(3)14-19)25-22(27)17-6-8-18(9-7-17)24-23(28)21-15-30-13-12-29-21/h6-11,14-15H,4-5,12-13H2,1-3H3,(H,24,28)(H,25,27). The smallest absolute Gasteiger partial charge is 0.291 e. The molecule has 0 bridgehead atoms. The number of amides is 2. The topological polar surface area (TPSA) is 70.7 Å². The molecule has 1 aliphatic heterocycles. The monoisotopic (exact) mass is 425 g/mol. The van der Waals surface area contributed by atoms with Crippen LogP contribution in [0.2, 0.25) is 0 Å². The Morgan fingerprint density at radius 2 is 1.77 bits per heavy atom. The van der Waals surface area contributed by atoms with Crippen molar-refractivity contribution in [3.8, 4) is 0 Å². The van der Waals surface area contributed by atoms with Crippen LogP contribution in [0.4, 0.5) is 17.1 Å². The third-order valence-corrected chi connectivity index (χ3v) is 5.65. The molecule has 3 rings (SSSR count). The molecule has 0 atom stereocenters. The van der Waals surface area contributed by atoms with E-state index in [1.807, 2.05) is 19.1 Å². The predicted octanol–water partition coefficient (Wildman–Crippen LogP) is 4.64. The molecule has 2 aromatic carbocycles. The molecule has 0 spiro atoms. The highest BCUT2D eigenvalue weighted by molar-refractivity contribution is 8.02. The Kier molecular flexibility index (Phi) is 7.41. The van der Waals surface area contributed by atoms with E-state index in [1.165, 1.54) is 0 Å². The highest BCUT2D eigenvalue weighted by Crippen LogP contribution is 2.23. The molecule has 6 nitrogen and oxygen atoms in total. The third-order valence-electron chi connectivity index (χ3n) is 4.86. The fraction of sp³-hybridized carbons (Fsp3) is 0.304. The maximum Gasteiger partial charge on any atom is 0.291 e. The molecule has 1 heterocycles. The molecular formula is C23H27N3O3S. The summed E-state index contributed by atoms with van der Waals surface area (Å²) in [6, 6.07) is 12.8. The van der Waals surface area contributed by atoms with E-state index >= 15 is 0 Å². The summed E-state index contributed by atoms with van der Waals surface area (Å²) in [6.45, 7) is 8.64. The van der Waals surface area contributed by atoms with Gasteiger partial charge in [-0.3, -0.25) is 9.59 Å². The van der Waals surface area contributed by atoms with Gasteiger partial charge in [-0.2, -0.15) is 0 Å². The van der Waals surface area contributed by atoms with E-state index < -0.39 is 0 Å². The van der Waals surface area contributed by atoms with Crippen molar-refractivity contribution in [2.75, 3.05) is 41.0 Å². The van der Waals surface area contributed by atoms with E-state index in [0.29, 0.717) is 23.6 Å². The van der Waals surface area contributed by atoms with E-state index in [9.17, 15) is 9.59 Å². The fourth-order valence-electron chi connectivity index (χ4n) is 3.15. The van der Waals surface area contributed by atoms with Crippen LogP contribution in [0.25, 0.3) is 0 Å². The number of anilines is 3. The van der Waals surface area contributed by atoms with Crippen molar-refractivity contribution in [1.29, 1.82) is 0 Å². The van der Waals surface area contributed by atoms with Crippen molar-refractivity contribution in [1.82, 2.24) is 0 Å². The molecule has 2 aromatic rings. The molecule has 0 radical (unpaired) electrons. The van der Waals surface area contributed by atoms with Gasteiger partial charge >= 0.3 is 0 Å². The molecule has 0 fully saturated rings. The molecule has 0 aliphatic carbocycles. The molecule has 2 amide bonds. The minimum atomic E-state index is -0.289. The number of hydrogen-bond acceptors (Lipinski definition) is 5. The maximum atomic E-state index is 12.6. The lowest BCUT2D eigenvalue weighted by Gasteiger charge is -2.22. The minimum Gasteiger partial charge on any atom is -0.487 e. The van der Waals surface area contributed by atoms with Crippen LogP contribution in [0.3, 0.4) is 0 Å². The normalized spacial score (nSPS) is 13.1. The second-order valence-electron chi connectivity index (χ2n) is 6.86. The van der Waals surface area contributed by atoms with Gasteiger partial charge in [0.05, 0.1) is 6.61 Å². The van der Waals surface area contributed by atoms with Crippen LogP contribution in [-0.4, -0.2) is 37.3 Å². The lowest BCUT2D eigenvalue weighted by molar-refractivity contribution is -0.116. The molecule has 30 heavy (non-hydrogen) atoms. The largest absolute Gasteiger partial charge is 0.487 e. The Morgan fingerprint density at radius 3 is 2.37 bits per heavy atom. The molecule has 0 unspecified atom stereocenters. The van der Waals surface area contributed by atoms with Gasteiger partial charge in [0.25, 0.3) is 11.8 Å². The highest BCUT2D eigenvalue weighted by Gasteiger charge is 2.15. The van der Waals surface area contributed by atoms with Crippen LogP contribution >= 0.6 is 11.8 Å². The fourth-order valence-corrected chi connectivity index (χ4v) is 3.78. The Morgan fingerprint density at radius 1 is 1.03 bits per heavy atom. The number of carbonyl (C=O) groups excluding carboxylic acids is 2. The van der Waals surface area contributed by atoms with Crippen molar-refractivity contribution < 1.29 is 14.3 Å². The second kappa shape index (κ2) is 10.2. The van der Waals surface area contributed by atoms with Gasteiger partial charge in [-0.1, -0.05) is 0 Å². The van der Waals surface area contributed by atoms with Crippen molar-refractivity contribution in [2.45, 2.75) is 20.8 Å². The average Bonchev–Trinajstić information content (AvgIpc) is 2.77. The predicted molar refractivity (Wildman–Crippen MR) is 124 cm³/mol. The molecular weight excluding hydrogens is 398 g/mol. The number of nitrogens with one attached hydrogen (secondary N) is 2. The zero-order valence-corrected chi connectivity index (χ0v) is 18.3. The maximum absolute atomic E-state index is 12.6. The molecule has 1 aliphatic rings. The summed E-state index contributed by atoms with van der Waals surface area (Å²) in [5, 5.41) is 7.46. The summed E-state index contributed by atoms with van der Waals surface area (Å²) in [7, 11) is 0. The van der Waals surface area contributed by atoms with Gasteiger partial charge in [0.2, 0.25) is 0 Å². The SMILES string of the molecule is CCN(CC)c1ccc(NC(=O)c2ccc(NC(=O)C3=CSCCO3)cc2)c(C)c1. The molecule has 0 saturated heterocycles. The number of thioether (sulfide) groups is 1. The number of carbonyl (C=O) groups is 2. The van der Waals surface area contributed by atoms with Gasteiger partial charge in [0.15, 0.2) is 5.76 Å². The number of nitrogens with zero attached hydrogens (tertiary/aromatic N) is 1. The van der Waals surface area contributed by atoms with E-state index in [1.54, 1.807) is 41.4 Å². The quantitative estimate of drug-likeness (QED) is 0.676. The molecule has 0 aromatic heterocycles. The Balaban J connectivity index is 1.63. The molecule has 7 heteroatoms.